The SMILES string of the molecule is CCSCC(Cc1ccnc(N)c1)NN. The van der Waals surface area contributed by atoms with Gasteiger partial charge in [0.15, 0.2) is 0 Å². The number of nitrogens with two attached hydrogens (primary N) is 2. The van der Waals surface area contributed by atoms with Crippen LogP contribution in [0, 0.1) is 0 Å². The molecule has 0 aliphatic rings. The van der Waals surface area contributed by atoms with Crippen LogP contribution in [-0.2, 0) is 6.42 Å². The Bertz CT molecular complexity index is 293. The Morgan fingerprint density at radius 1 is 1.60 bits per heavy atom. The van der Waals surface area contributed by atoms with Crippen molar-refractivity contribution < 1.29 is 0 Å². The molecule has 0 bridgehead atoms. The minimum atomic E-state index is 0.289. The Morgan fingerprint density at radius 3 is 3.00 bits per heavy atom. The highest BCUT2D eigenvalue weighted by Crippen LogP contribution is 2.09. The average molecular weight is 226 g/mol. The third-order valence-electron chi connectivity index (χ3n) is 2.09. The van der Waals surface area contributed by atoms with E-state index in [1.807, 2.05) is 23.9 Å². The minimum Gasteiger partial charge on any atom is -0.384 e. The highest BCUT2D eigenvalue weighted by atomic mass is 32.2. The van der Waals surface area contributed by atoms with Crippen LogP contribution in [0.25, 0.3) is 0 Å². The van der Waals surface area contributed by atoms with E-state index in [4.69, 9.17) is 11.6 Å². The van der Waals surface area contributed by atoms with Crippen LogP contribution in [0.5, 0.6) is 0 Å². The summed E-state index contributed by atoms with van der Waals surface area (Å²) >= 11 is 1.87. The van der Waals surface area contributed by atoms with Gasteiger partial charge in [-0.25, -0.2) is 4.98 Å². The highest BCUT2D eigenvalue weighted by molar-refractivity contribution is 7.99. The molecule has 0 aliphatic heterocycles. The van der Waals surface area contributed by atoms with E-state index in [2.05, 4.69) is 17.3 Å². The van der Waals surface area contributed by atoms with Crippen LogP contribution >= 0.6 is 11.8 Å². The molecule has 0 fully saturated rings. The maximum absolute atomic E-state index is 5.61. The molecule has 1 rings (SSSR count). The average Bonchev–Trinajstić information content (AvgIpc) is 2.24. The van der Waals surface area contributed by atoms with Gasteiger partial charge in [-0.05, 0) is 29.9 Å². The Morgan fingerprint density at radius 2 is 2.40 bits per heavy atom. The normalized spacial score (nSPS) is 12.7. The molecule has 0 saturated heterocycles. The van der Waals surface area contributed by atoms with Crippen molar-refractivity contribution in [2.24, 2.45) is 5.84 Å². The smallest absolute Gasteiger partial charge is 0.123 e. The number of nitrogen functional groups attached to an aromatic ring is 1. The van der Waals surface area contributed by atoms with Gasteiger partial charge in [-0.15, -0.1) is 0 Å². The van der Waals surface area contributed by atoms with E-state index in [1.165, 1.54) is 5.56 Å². The molecule has 0 amide bonds. The Balaban J connectivity index is 2.50. The molecular weight excluding hydrogens is 208 g/mol. The second-order valence-electron chi connectivity index (χ2n) is 3.32. The zero-order valence-electron chi connectivity index (χ0n) is 8.94. The van der Waals surface area contributed by atoms with Gasteiger partial charge in [-0.2, -0.15) is 11.8 Å². The molecule has 0 spiro atoms. The number of hydrazine groups is 1. The third kappa shape index (κ3) is 4.51. The molecule has 0 aliphatic carbocycles. The molecule has 1 heterocycles. The van der Waals surface area contributed by atoms with E-state index < -0.39 is 0 Å². The van der Waals surface area contributed by atoms with Gasteiger partial charge in [-0.3, -0.25) is 11.3 Å². The lowest BCUT2D eigenvalue weighted by Crippen LogP contribution is -2.38. The van der Waals surface area contributed by atoms with Gasteiger partial charge in [-0.1, -0.05) is 6.92 Å². The standard InChI is InChI=1S/C10H18N4S/c1-2-15-7-9(14-12)5-8-3-4-13-10(11)6-8/h3-4,6,9,14H,2,5,7,12H2,1H3,(H2,11,13). The van der Waals surface area contributed by atoms with E-state index in [0.717, 1.165) is 17.9 Å². The molecule has 15 heavy (non-hydrogen) atoms. The molecule has 1 aromatic rings. The summed E-state index contributed by atoms with van der Waals surface area (Å²) < 4.78 is 0. The first-order valence-corrected chi connectivity index (χ1v) is 6.16. The molecule has 0 saturated carbocycles. The fraction of sp³-hybridized carbons (Fsp3) is 0.500. The summed E-state index contributed by atoms with van der Waals surface area (Å²) in [4.78, 5) is 3.96. The van der Waals surface area contributed by atoms with Gasteiger partial charge in [0.2, 0.25) is 0 Å². The lowest BCUT2D eigenvalue weighted by atomic mass is 10.1. The monoisotopic (exact) mass is 226 g/mol. The number of hydrogen-bond donors (Lipinski definition) is 3. The maximum atomic E-state index is 5.61. The summed E-state index contributed by atoms with van der Waals surface area (Å²) in [6, 6.07) is 4.15. The zero-order chi connectivity index (χ0) is 11.1. The molecular formula is C10H18N4S. The predicted octanol–water partition coefficient (Wildman–Crippen LogP) is 0.791. The van der Waals surface area contributed by atoms with Crippen LogP contribution in [0.15, 0.2) is 18.3 Å². The van der Waals surface area contributed by atoms with Crippen LogP contribution in [0.1, 0.15) is 12.5 Å². The Labute approximate surface area is 94.8 Å². The molecule has 1 unspecified atom stereocenters. The van der Waals surface area contributed by atoms with Gasteiger partial charge < -0.3 is 5.73 Å². The van der Waals surface area contributed by atoms with Crippen molar-refractivity contribution in [3.63, 3.8) is 0 Å². The summed E-state index contributed by atoms with van der Waals surface area (Å²) in [5.74, 6) is 8.17. The topological polar surface area (TPSA) is 77.0 Å². The Kier molecular flexibility index (Phi) is 5.45. The summed E-state index contributed by atoms with van der Waals surface area (Å²) in [6.45, 7) is 2.14. The van der Waals surface area contributed by atoms with Crippen molar-refractivity contribution in [3.8, 4) is 0 Å². The summed E-state index contributed by atoms with van der Waals surface area (Å²) in [6.07, 6.45) is 2.61. The number of pyridine rings is 1. The van der Waals surface area contributed by atoms with Gasteiger partial charge in [0, 0.05) is 18.0 Å². The number of aromatic nitrogens is 1. The van der Waals surface area contributed by atoms with Crippen LogP contribution in [0.3, 0.4) is 0 Å². The molecule has 1 atom stereocenters. The van der Waals surface area contributed by atoms with E-state index in [-0.39, 0.29) is 6.04 Å². The second kappa shape index (κ2) is 6.66. The largest absolute Gasteiger partial charge is 0.384 e. The first-order valence-electron chi connectivity index (χ1n) is 5.00. The molecule has 5 heteroatoms. The van der Waals surface area contributed by atoms with Gasteiger partial charge >= 0.3 is 0 Å². The first kappa shape index (κ1) is 12.3. The predicted molar refractivity (Wildman–Crippen MR) is 66.5 cm³/mol. The van der Waals surface area contributed by atoms with Gasteiger partial charge in [0.05, 0.1) is 0 Å². The number of thioether (sulfide) groups is 1. The van der Waals surface area contributed by atoms with Crippen LogP contribution in [0.4, 0.5) is 5.82 Å². The summed E-state index contributed by atoms with van der Waals surface area (Å²) in [5.41, 5.74) is 9.60. The molecule has 0 aromatic carbocycles. The minimum absolute atomic E-state index is 0.289. The Hall–Kier alpha value is -0.780. The molecule has 1 aromatic heterocycles. The number of nitrogens with zero attached hydrogens (tertiary/aromatic N) is 1. The van der Waals surface area contributed by atoms with Gasteiger partial charge in [0.1, 0.15) is 5.82 Å². The molecule has 0 radical (unpaired) electrons. The lowest BCUT2D eigenvalue weighted by molar-refractivity contribution is 0.575. The fourth-order valence-corrected chi connectivity index (χ4v) is 2.07. The lowest BCUT2D eigenvalue weighted by Gasteiger charge is -2.15. The second-order valence-corrected chi connectivity index (χ2v) is 4.64. The van der Waals surface area contributed by atoms with E-state index in [0.29, 0.717) is 5.82 Å². The fourth-order valence-electron chi connectivity index (χ4n) is 1.33. The number of nitrogens with one attached hydrogen (secondary N) is 1. The highest BCUT2D eigenvalue weighted by Gasteiger charge is 2.07. The van der Waals surface area contributed by atoms with Crippen LogP contribution in [-0.4, -0.2) is 22.5 Å². The number of hydrogen-bond acceptors (Lipinski definition) is 5. The van der Waals surface area contributed by atoms with Crippen molar-refractivity contribution in [1.82, 2.24) is 10.4 Å². The van der Waals surface area contributed by atoms with E-state index >= 15 is 0 Å². The van der Waals surface area contributed by atoms with Crippen molar-refractivity contribution in [3.05, 3.63) is 23.9 Å². The van der Waals surface area contributed by atoms with Gasteiger partial charge in [0.25, 0.3) is 0 Å². The number of rotatable bonds is 6. The number of anilines is 1. The molecule has 5 N–H and O–H groups in total. The van der Waals surface area contributed by atoms with E-state index in [1.54, 1.807) is 6.20 Å². The van der Waals surface area contributed by atoms with Crippen LogP contribution < -0.4 is 17.0 Å². The first-order chi connectivity index (χ1) is 7.26. The summed E-state index contributed by atoms with van der Waals surface area (Å²) in [5, 5.41) is 0. The van der Waals surface area contributed by atoms with E-state index in [9.17, 15) is 0 Å². The maximum Gasteiger partial charge on any atom is 0.123 e. The third-order valence-corrected chi connectivity index (χ3v) is 3.13. The van der Waals surface area contributed by atoms with Crippen molar-refractivity contribution in [1.29, 1.82) is 0 Å². The summed E-state index contributed by atoms with van der Waals surface area (Å²) in [7, 11) is 0. The van der Waals surface area contributed by atoms with Crippen molar-refractivity contribution >= 4 is 17.6 Å². The zero-order valence-corrected chi connectivity index (χ0v) is 9.76. The molecule has 4 nitrogen and oxygen atoms in total. The van der Waals surface area contributed by atoms with Crippen molar-refractivity contribution in [2.45, 2.75) is 19.4 Å². The van der Waals surface area contributed by atoms with Crippen LogP contribution in [0.2, 0.25) is 0 Å². The van der Waals surface area contributed by atoms with Crippen molar-refractivity contribution in [2.75, 3.05) is 17.2 Å². The quantitative estimate of drug-likeness (QED) is 0.494. The molecule has 84 valence electrons.